The second-order valence-corrected chi connectivity index (χ2v) is 4.82. The Kier molecular flexibility index (Phi) is 3.49. The van der Waals surface area contributed by atoms with E-state index < -0.39 is 16.6 Å². The highest BCUT2D eigenvalue weighted by atomic mass is 32.2. The zero-order chi connectivity index (χ0) is 12.3. The molecule has 1 atom stereocenters. The Hall–Kier alpha value is -1.75. The summed E-state index contributed by atoms with van der Waals surface area (Å²) in [6.45, 7) is 0. The summed E-state index contributed by atoms with van der Waals surface area (Å²) in [4.78, 5) is 10.8. The van der Waals surface area contributed by atoms with Gasteiger partial charge in [0.1, 0.15) is 11.6 Å². The molecule has 1 aromatic carbocycles. The number of rotatable bonds is 4. The van der Waals surface area contributed by atoms with Crippen LogP contribution in [0, 0.1) is 5.82 Å². The standard InChI is InChI=1S/C12H9FO3S/c13-9-2-1-3-12(6-9)17(15)8-11-5-4-10(7-14)16-11/h1-7H,8H2. The molecular weight excluding hydrogens is 243 g/mol. The topological polar surface area (TPSA) is 47.3 Å². The largest absolute Gasteiger partial charge is 0.457 e. The van der Waals surface area contributed by atoms with E-state index in [1.54, 1.807) is 12.1 Å². The minimum atomic E-state index is -1.38. The molecule has 17 heavy (non-hydrogen) atoms. The maximum absolute atomic E-state index is 12.9. The highest BCUT2D eigenvalue weighted by molar-refractivity contribution is 7.84. The minimum Gasteiger partial charge on any atom is -0.457 e. The van der Waals surface area contributed by atoms with Gasteiger partial charge in [-0.1, -0.05) is 6.07 Å². The first-order valence-corrected chi connectivity index (χ1v) is 6.19. The van der Waals surface area contributed by atoms with Gasteiger partial charge in [-0.25, -0.2) is 4.39 Å². The number of benzene rings is 1. The van der Waals surface area contributed by atoms with E-state index in [1.165, 1.54) is 24.3 Å². The van der Waals surface area contributed by atoms with Gasteiger partial charge in [-0.3, -0.25) is 9.00 Å². The van der Waals surface area contributed by atoms with Gasteiger partial charge in [-0.15, -0.1) is 0 Å². The van der Waals surface area contributed by atoms with Gasteiger partial charge in [0.15, 0.2) is 12.0 Å². The van der Waals surface area contributed by atoms with Crippen LogP contribution < -0.4 is 0 Å². The summed E-state index contributed by atoms with van der Waals surface area (Å²) in [6, 6.07) is 8.69. The molecule has 3 nitrogen and oxygen atoms in total. The highest BCUT2D eigenvalue weighted by Gasteiger charge is 2.09. The van der Waals surface area contributed by atoms with Crippen LogP contribution in [0.3, 0.4) is 0 Å². The van der Waals surface area contributed by atoms with Crippen LogP contribution in [0.1, 0.15) is 16.3 Å². The Bertz CT molecular complexity index is 562. The lowest BCUT2D eigenvalue weighted by Gasteiger charge is -2.00. The second-order valence-electron chi connectivity index (χ2n) is 3.37. The molecule has 0 radical (unpaired) electrons. The molecule has 0 saturated carbocycles. The van der Waals surface area contributed by atoms with E-state index in [4.69, 9.17) is 4.42 Å². The molecule has 1 aromatic heterocycles. The first-order valence-electron chi connectivity index (χ1n) is 4.87. The third-order valence-electron chi connectivity index (χ3n) is 2.13. The SMILES string of the molecule is O=Cc1ccc(CS(=O)c2cccc(F)c2)o1. The predicted molar refractivity (Wildman–Crippen MR) is 60.6 cm³/mol. The van der Waals surface area contributed by atoms with Crippen LogP contribution in [0.2, 0.25) is 0 Å². The van der Waals surface area contributed by atoms with Crippen LogP contribution in [0.25, 0.3) is 0 Å². The zero-order valence-electron chi connectivity index (χ0n) is 8.76. The van der Waals surface area contributed by atoms with Crippen LogP contribution in [-0.2, 0) is 16.6 Å². The van der Waals surface area contributed by atoms with Crippen molar-refractivity contribution in [3.8, 4) is 0 Å². The molecule has 0 saturated heterocycles. The van der Waals surface area contributed by atoms with E-state index in [2.05, 4.69) is 0 Å². The first-order chi connectivity index (χ1) is 8.19. The van der Waals surface area contributed by atoms with Crippen molar-refractivity contribution in [2.24, 2.45) is 0 Å². The minimum absolute atomic E-state index is 0.122. The number of carbonyl (C=O) groups excluding carboxylic acids is 1. The molecule has 2 rings (SSSR count). The fourth-order valence-corrected chi connectivity index (χ4v) is 2.41. The van der Waals surface area contributed by atoms with Crippen molar-refractivity contribution in [3.63, 3.8) is 0 Å². The maximum Gasteiger partial charge on any atom is 0.185 e. The Labute approximate surface area is 99.7 Å². The van der Waals surface area contributed by atoms with Crippen molar-refractivity contribution in [3.05, 3.63) is 53.7 Å². The monoisotopic (exact) mass is 252 g/mol. The molecule has 0 N–H and O–H groups in total. The fraction of sp³-hybridized carbons (Fsp3) is 0.0833. The normalized spacial score (nSPS) is 12.3. The lowest BCUT2D eigenvalue weighted by atomic mass is 10.4. The Morgan fingerprint density at radius 3 is 2.76 bits per heavy atom. The maximum atomic E-state index is 12.9. The predicted octanol–water partition coefficient (Wildman–Crippen LogP) is 2.54. The van der Waals surface area contributed by atoms with Crippen LogP contribution in [-0.4, -0.2) is 10.5 Å². The fourth-order valence-electron chi connectivity index (χ4n) is 1.36. The average molecular weight is 252 g/mol. The average Bonchev–Trinajstić information content (AvgIpc) is 2.77. The van der Waals surface area contributed by atoms with Crippen molar-refractivity contribution in [1.29, 1.82) is 0 Å². The summed E-state index contributed by atoms with van der Waals surface area (Å²) in [6.07, 6.45) is 0.578. The summed E-state index contributed by atoms with van der Waals surface area (Å²) in [7, 11) is -1.38. The zero-order valence-corrected chi connectivity index (χ0v) is 9.58. The quantitative estimate of drug-likeness (QED) is 0.785. The summed E-state index contributed by atoms with van der Waals surface area (Å²) in [5, 5.41) is 0. The van der Waals surface area contributed by atoms with Gasteiger partial charge in [0.25, 0.3) is 0 Å². The molecule has 0 amide bonds. The van der Waals surface area contributed by atoms with Gasteiger partial charge in [0.05, 0.1) is 16.6 Å². The van der Waals surface area contributed by atoms with Gasteiger partial charge in [-0.2, -0.15) is 0 Å². The summed E-state index contributed by atoms with van der Waals surface area (Å²) < 4.78 is 29.9. The molecule has 88 valence electrons. The van der Waals surface area contributed by atoms with Crippen molar-refractivity contribution < 1.29 is 17.8 Å². The Balaban J connectivity index is 2.14. The van der Waals surface area contributed by atoms with Crippen LogP contribution in [0.15, 0.2) is 45.7 Å². The molecule has 0 aliphatic carbocycles. The van der Waals surface area contributed by atoms with Gasteiger partial charge >= 0.3 is 0 Å². The van der Waals surface area contributed by atoms with Crippen molar-refractivity contribution in [2.75, 3.05) is 0 Å². The van der Waals surface area contributed by atoms with Gasteiger partial charge in [-0.05, 0) is 30.3 Å². The third-order valence-corrected chi connectivity index (χ3v) is 3.46. The highest BCUT2D eigenvalue weighted by Crippen LogP contribution is 2.15. The molecule has 1 heterocycles. The van der Waals surface area contributed by atoms with Gasteiger partial charge in [0.2, 0.25) is 0 Å². The first kappa shape index (κ1) is 11.7. The lowest BCUT2D eigenvalue weighted by Crippen LogP contribution is -1.95. The van der Waals surface area contributed by atoms with Crippen LogP contribution in [0.5, 0.6) is 0 Å². The molecule has 1 unspecified atom stereocenters. The number of furan rings is 1. The molecule has 0 aliphatic rings. The smallest absolute Gasteiger partial charge is 0.185 e. The molecule has 2 aromatic rings. The van der Waals surface area contributed by atoms with Gasteiger partial charge < -0.3 is 4.42 Å². The molecule has 0 spiro atoms. The summed E-state index contributed by atoms with van der Waals surface area (Å²) >= 11 is 0. The lowest BCUT2D eigenvalue weighted by molar-refractivity contribution is 0.109. The number of hydrogen-bond donors (Lipinski definition) is 0. The molecule has 5 heteroatoms. The van der Waals surface area contributed by atoms with E-state index in [0.29, 0.717) is 16.9 Å². The number of halogens is 1. The van der Waals surface area contributed by atoms with Crippen molar-refractivity contribution in [1.82, 2.24) is 0 Å². The van der Waals surface area contributed by atoms with Crippen LogP contribution in [0.4, 0.5) is 4.39 Å². The molecule has 0 fully saturated rings. The van der Waals surface area contributed by atoms with E-state index in [1.807, 2.05) is 0 Å². The second kappa shape index (κ2) is 5.05. The number of hydrogen-bond acceptors (Lipinski definition) is 3. The third kappa shape index (κ3) is 2.88. The molecular formula is C12H9FO3S. The summed E-state index contributed by atoms with van der Waals surface area (Å²) in [5.74, 6) is 0.326. The number of aldehydes is 1. The Morgan fingerprint density at radius 2 is 2.12 bits per heavy atom. The molecule has 0 aliphatic heterocycles. The van der Waals surface area contributed by atoms with E-state index in [9.17, 15) is 13.4 Å². The van der Waals surface area contributed by atoms with Crippen molar-refractivity contribution >= 4 is 17.1 Å². The van der Waals surface area contributed by atoms with Crippen molar-refractivity contribution in [2.45, 2.75) is 10.6 Å². The van der Waals surface area contributed by atoms with E-state index in [0.717, 1.165) is 0 Å². The van der Waals surface area contributed by atoms with Crippen LogP contribution >= 0.6 is 0 Å². The Morgan fingerprint density at radius 1 is 1.29 bits per heavy atom. The number of carbonyl (C=O) groups is 1. The van der Waals surface area contributed by atoms with Gasteiger partial charge in [0, 0.05) is 4.90 Å². The van der Waals surface area contributed by atoms with E-state index in [-0.39, 0.29) is 11.5 Å². The molecule has 0 bridgehead atoms. The summed E-state index contributed by atoms with van der Waals surface area (Å²) in [5.41, 5.74) is 0. The van der Waals surface area contributed by atoms with E-state index >= 15 is 0 Å².